The molecule has 8 rings (SSSR count). The fourth-order valence-corrected chi connectivity index (χ4v) is 8.17. The molecule has 248 valence electrons. The fourth-order valence-electron chi connectivity index (χ4n) is 8.17. The molecular weight excluding hydrogens is 594 g/mol. The smallest absolute Gasteiger partial charge is 0.258 e. The molecule has 3 atom stereocenters. The number of methoxy groups -OCH3 is 1. The van der Waals surface area contributed by atoms with E-state index in [1.165, 1.54) is 5.69 Å². The molecule has 0 spiro atoms. The maximum Gasteiger partial charge on any atom is 0.258 e. The van der Waals surface area contributed by atoms with Gasteiger partial charge >= 0.3 is 0 Å². The predicted octanol–water partition coefficient (Wildman–Crippen LogP) is 3.62. The number of hydrogen-bond donors (Lipinski definition) is 2. The van der Waals surface area contributed by atoms with Gasteiger partial charge in [0.1, 0.15) is 0 Å². The molecular formula is C35H45N9O3. The van der Waals surface area contributed by atoms with Crippen LogP contribution in [0.4, 0.5) is 11.6 Å². The highest BCUT2D eigenvalue weighted by Crippen LogP contribution is 2.38. The highest BCUT2D eigenvalue weighted by atomic mass is 16.5. The van der Waals surface area contributed by atoms with Crippen LogP contribution in [0.2, 0.25) is 0 Å². The second kappa shape index (κ2) is 12.2. The summed E-state index contributed by atoms with van der Waals surface area (Å²) in [4.78, 5) is 28.8. The zero-order valence-electron chi connectivity index (χ0n) is 27.8. The number of carbonyl (C=O) groups is 1. The molecule has 1 saturated carbocycles. The van der Waals surface area contributed by atoms with Gasteiger partial charge in [-0.1, -0.05) is 0 Å². The third-order valence-corrected chi connectivity index (χ3v) is 10.6. The number of nitrogens with one attached hydrogen (secondary N) is 2. The van der Waals surface area contributed by atoms with Crippen molar-refractivity contribution in [3.8, 4) is 17.1 Å². The van der Waals surface area contributed by atoms with Gasteiger partial charge in [0.05, 0.1) is 47.2 Å². The number of aromatic nitrogens is 5. The maximum absolute atomic E-state index is 13.9. The van der Waals surface area contributed by atoms with Crippen molar-refractivity contribution in [3.05, 3.63) is 47.3 Å². The summed E-state index contributed by atoms with van der Waals surface area (Å²) in [5.41, 5.74) is 6.76. The van der Waals surface area contributed by atoms with Crippen molar-refractivity contribution in [2.75, 3.05) is 63.3 Å². The molecule has 3 aromatic heterocycles. The Bertz CT molecular complexity index is 1810. The van der Waals surface area contributed by atoms with Crippen molar-refractivity contribution in [1.29, 1.82) is 0 Å². The molecule has 12 nitrogen and oxygen atoms in total. The number of anilines is 2. The van der Waals surface area contributed by atoms with E-state index in [0.29, 0.717) is 60.2 Å². The van der Waals surface area contributed by atoms with E-state index in [2.05, 4.69) is 48.3 Å². The van der Waals surface area contributed by atoms with Crippen LogP contribution in [-0.2, 0) is 18.3 Å². The molecule has 6 heterocycles. The van der Waals surface area contributed by atoms with E-state index in [1.807, 2.05) is 33.0 Å². The van der Waals surface area contributed by atoms with Crippen molar-refractivity contribution in [1.82, 2.24) is 34.5 Å². The molecule has 1 aliphatic carbocycles. The van der Waals surface area contributed by atoms with Crippen LogP contribution in [0.1, 0.15) is 41.0 Å². The minimum atomic E-state index is -0.208. The Balaban J connectivity index is 1.15. The Morgan fingerprint density at radius 3 is 2.70 bits per heavy atom. The van der Waals surface area contributed by atoms with Crippen molar-refractivity contribution in [2.24, 2.45) is 18.9 Å². The number of imidazole rings is 1. The highest BCUT2D eigenvalue weighted by Gasteiger charge is 2.35. The minimum Gasteiger partial charge on any atom is -0.477 e. The quantitative estimate of drug-likeness (QED) is 0.346. The fraction of sp³-hybridized carbons (Fsp3) is 0.543. The first kappa shape index (κ1) is 30.3. The van der Waals surface area contributed by atoms with E-state index >= 15 is 0 Å². The van der Waals surface area contributed by atoms with E-state index < -0.39 is 0 Å². The largest absolute Gasteiger partial charge is 0.477 e. The summed E-state index contributed by atoms with van der Waals surface area (Å²) in [7, 11) is 3.70. The van der Waals surface area contributed by atoms with Gasteiger partial charge in [0, 0.05) is 76.4 Å². The number of benzene rings is 1. The number of fused-ring (bicyclic) bond motifs is 9. The molecule has 4 aromatic rings. The number of pyridine rings is 1. The van der Waals surface area contributed by atoms with Crippen molar-refractivity contribution in [3.63, 3.8) is 0 Å². The first-order valence-electron chi connectivity index (χ1n) is 17.0. The molecule has 4 bridgehead atoms. The molecule has 3 fully saturated rings. The number of ether oxygens (including phenoxy) is 2. The predicted molar refractivity (Wildman–Crippen MR) is 181 cm³/mol. The van der Waals surface area contributed by atoms with Gasteiger partial charge in [0.15, 0.2) is 0 Å². The molecule has 0 unspecified atom stereocenters. The molecule has 1 aromatic carbocycles. The molecule has 3 aliphatic heterocycles. The Hall–Kier alpha value is -4.00. The molecule has 47 heavy (non-hydrogen) atoms. The number of amides is 1. The van der Waals surface area contributed by atoms with Crippen molar-refractivity contribution in [2.45, 2.75) is 51.7 Å². The summed E-state index contributed by atoms with van der Waals surface area (Å²) in [6, 6.07) is 11.2. The van der Waals surface area contributed by atoms with Gasteiger partial charge in [-0.2, -0.15) is 5.10 Å². The van der Waals surface area contributed by atoms with Gasteiger partial charge in [-0.25, -0.2) is 9.67 Å². The van der Waals surface area contributed by atoms with Crippen LogP contribution in [0.5, 0.6) is 5.88 Å². The Labute approximate surface area is 275 Å². The number of piperazine rings is 1. The zero-order chi connectivity index (χ0) is 32.2. The van der Waals surface area contributed by atoms with Crippen LogP contribution < -0.4 is 20.3 Å². The number of hydrogen-bond acceptors (Lipinski definition) is 9. The summed E-state index contributed by atoms with van der Waals surface area (Å²) in [5, 5.41) is 11.3. The summed E-state index contributed by atoms with van der Waals surface area (Å²) in [6.07, 6.45) is 3.26. The second-order valence-electron chi connectivity index (χ2n) is 13.9. The van der Waals surface area contributed by atoms with E-state index in [0.717, 1.165) is 86.5 Å². The summed E-state index contributed by atoms with van der Waals surface area (Å²) in [6.45, 7) is 11.0. The first-order valence-corrected chi connectivity index (χ1v) is 17.0. The number of nitrogens with zero attached hydrogens (tertiary/aromatic N) is 7. The number of aryl methyl sites for hydroxylation is 3. The maximum atomic E-state index is 13.9. The summed E-state index contributed by atoms with van der Waals surface area (Å²) >= 11 is 0. The minimum absolute atomic E-state index is 0.208. The monoisotopic (exact) mass is 639 g/mol. The molecule has 0 radical (unpaired) electrons. The Morgan fingerprint density at radius 1 is 1.04 bits per heavy atom. The van der Waals surface area contributed by atoms with E-state index in [4.69, 9.17) is 19.4 Å². The van der Waals surface area contributed by atoms with E-state index in [1.54, 1.807) is 11.8 Å². The van der Waals surface area contributed by atoms with Gasteiger partial charge in [0.25, 0.3) is 5.91 Å². The Kier molecular flexibility index (Phi) is 7.89. The van der Waals surface area contributed by atoms with Gasteiger partial charge in [-0.3, -0.25) is 20.0 Å². The number of rotatable bonds is 4. The lowest BCUT2D eigenvalue weighted by Gasteiger charge is -2.48. The van der Waals surface area contributed by atoms with Crippen LogP contribution in [0.25, 0.3) is 22.3 Å². The third kappa shape index (κ3) is 5.66. The van der Waals surface area contributed by atoms with Gasteiger partial charge in [-0.15, -0.1) is 0 Å². The zero-order valence-corrected chi connectivity index (χ0v) is 27.8. The molecule has 4 aliphatic rings. The van der Waals surface area contributed by atoms with Crippen molar-refractivity contribution < 1.29 is 14.3 Å². The highest BCUT2D eigenvalue weighted by molar-refractivity contribution is 6.05. The lowest BCUT2D eigenvalue weighted by atomic mass is 10.0. The van der Waals surface area contributed by atoms with Gasteiger partial charge < -0.3 is 24.3 Å². The van der Waals surface area contributed by atoms with Gasteiger partial charge in [0.2, 0.25) is 11.8 Å². The van der Waals surface area contributed by atoms with E-state index in [-0.39, 0.29) is 5.91 Å². The second-order valence-corrected chi connectivity index (χ2v) is 13.9. The lowest BCUT2D eigenvalue weighted by molar-refractivity contribution is 0.0341. The summed E-state index contributed by atoms with van der Waals surface area (Å²) in [5.74, 6) is 1.98. The third-order valence-electron chi connectivity index (χ3n) is 10.6. The number of carbonyl (C=O) groups excluding carboxylic acids is 1. The molecule has 2 saturated heterocycles. The van der Waals surface area contributed by atoms with Crippen LogP contribution in [0.3, 0.4) is 0 Å². The van der Waals surface area contributed by atoms with E-state index in [9.17, 15) is 4.79 Å². The standard InChI is InChI=1S/C35H45N9O3/c1-21-11-25-13-30(37-21)32-22(2)40-41(3)34(32)47-19-24-6-5-23(12-24)17-44-31-14-26(7-8-29(31)38-35(44)39-33(25)45)42-9-10-43(27-15-36-16-27)28(18-42)20-46-4/h7-8,11,13-14,23-24,27-28,36H,5-6,9-10,12,15-20H2,1-4H3,(H,38,39,45)/t23-,24+,28+/m1/s1. The SMILES string of the molecule is COC[C@@H]1CN(c2ccc3nc4n(c3c2)C[C@@H]2CC[C@H](COc3c(c(C)nn3C)-c3cc(cc(C)n3)C(=O)N4)C2)CCN1C1CNC1. The van der Waals surface area contributed by atoms with Crippen molar-refractivity contribution >= 4 is 28.6 Å². The lowest BCUT2D eigenvalue weighted by Crippen LogP contribution is -2.66. The molecule has 2 N–H and O–H groups in total. The van der Waals surface area contributed by atoms with Crippen LogP contribution in [-0.4, -0.2) is 100 Å². The first-order chi connectivity index (χ1) is 22.8. The van der Waals surface area contributed by atoms with Crippen LogP contribution in [0, 0.1) is 25.7 Å². The molecule has 12 heteroatoms. The normalized spacial score (nSPS) is 23.8. The van der Waals surface area contributed by atoms with Gasteiger partial charge in [-0.05, 0) is 75.3 Å². The van der Waals surface area contributed by atoms with Crippen LogP contribution >= 0.6 is 0 Å². The van der Waals surface area contributed by atoms with Crippen LogP contribution in [0.15, 0.2) is 30.3 Å². The Morgan fingerprint density at radius 2 is 1.89 bits per heavy atom. The molecule has 1 amide bonds. The average Bonchev–Trinajstić information content (AvgIpc) is 3.70. The topological polar surface area (TPSA) is 115 Å². The summed E-state index contributed by atoms with van der Waals surface area (Å²) < 4.78 is 16.2. The average molecular weight is 640 g/mol.